The van der Waals surface area contributed by atoms with E-state index < -0.39 is 0 Å². The van der Waals surface area contributed by atoms with Crippen LogP contribution in [0.4, 0.5) is 0 Å². The normalized spacial score (nSPS) is 18.2. The number of rotatable bonds is 5. The van der Waals surface area contributed by atoms with Crippen molar-refractivity contribution >= 4 is 5.97 Å². The van der Waals surface area contributed by atoms with Crippen molar-refractivity contribution in [3.8, 4) is 0 Å². The van der Waals surface area contributed by atoms with Gasteiger partial charge in [-0.25, -0.2) is 4.79 Å². The molecule has 1 heterocycles. The van der Waals surface area contributed by atoms with Gasteiger partial charge in [0, 0.05) is 13.2 Å². The Bertz CT molecular complexity index is 406. The van der Waals surface area contributed by atoms with E-state index in [9.17, 15) is 4.79 Å². The van der Waals surface area contributed by atoms with Crippen LogP contribution in [0.2, 0.25) is 0 Å². The molecule has 1 atom stereocenters. The van der Waals surface area contributed by atoms with Crippen molar-refractivity contribution in [2.75, 3.05) is 26.4 Å². The standard InChI is InChI=1S/C14H19NO3/c1-2-17-9-10-18-14(16)13-12-6-4-3-5-11(12)7-8-15-13/h3-6,13,15H,2,7-10H2,1H3. The summed E-state index contributed by atoms with van der Waals surface area (Å²) in [4.78, 5) is 12.0. The van der Waals surface area contributed by atoms with E-state index in [1.54, 1.807) is 0 Å². The Morgan fingerprint density at radius 1 is 1.39 bits per heavy atom. The Morgan fingerprint density at radius 2 is 2.22 bits per heavy atom. The Balaban J connectivity index is 1.95. The fourth-order valence-electron chi connectivity index (χ4n) is 2.14. The largest absolute Gasteiger partial charge is 0.462 e. The van der Waals surface area contributed by atoms with Crippen LogP contribution >= 0.6 is 0 Å². The van der Waals surface area contributed by atoms with Gasteiger partial charge in [0.05, 0.1) is 6.61 Å². The fourth-order valence-corrected chi connectivity index (χ4v) is 2.14. The van der Waals surface area contributed by atoms with Crippen LogP contribution < -0.4 is 5.32 Å². The van der Waals surface area contributed by atoms with Crippen molar-refractivity contribution in [3.63, 3.8) is 0 Å². The van der Waals surface area contributed by atoms with Crippen LogP contribution in [-0.2, 0) is 20.7 Å². The molecule has 4 nitrogen and oxygen atoms in total. The summed E-state index contributed by atoms with van der Waals surface area (Å²) in [6.45, 7) is 4.13. The monoisotopic (exact) mass is 249 g/mol. The van der Waals surface area contributed by atoms with E-state index in [0.717, 1.165) is 18.5 Å². The third kappa shape index (κ3) is 3.09. The van der Waals surface area contributed by atoms with Gasteiger partial charge in [-0.2, -0.15) is 0 Å². The molecule has 0 radical (unpaired) electrons. The minimum absolute atomic E-state index is 0.221. The van der Waals surface area contributed by atoms with Gasteiger partial charge in [0.2, 0.25) is 0 Å². The molecule has 1 aliphatic heterocycles. The molecule has 18 heavy (non-hydrogen) atoms. The number of fused-ring (bicyclic) bond motifs is 1. The van der Waals surface area contributed by atoms with Crippen LogP contribution in [0.1, 0.15) is 24.1 Å². The number of nitrogens with one attached hydrogen (secondary N) is 1. The predicted octanol–water partition coefficient (Wildman–Crippen LogP) is 1.45. The third-order valence-corrected chi connectivity index (χ3v) is 3.02. The number of ether oxygens (including phenoxy) is 2. The lowest BCUT2D eigenvalue weighted by Crippen LogP contribution is -2.36. The second-order valence-corrected chi connectivity index (χ2v) is 4.20. The summed E-state index contributed by atoms with van der Waals surface area (Å²) >= 11 is 0. The highest BCUT2D eigenvalue weighted by Crippen LogP contribution is 2.23. The SMILES string of the molecule is CCOCCOC(=O)C1NCCc2ccccc21. The molecule has 0 spiro atoms. The van der Waals surface area contributed by atoms with E-state index in [0.29, 0.717) is 19.8 Å². The van der Waals surface area contributed by atoms with Crippen LogP contribution in [0.5, 0.6) is 0 Å². The van der Waals surface area contributed by atoms with Crippen LogP contribution in [0.15, 0.2) is 24.3 Å². The zero-order valence-electron chi connectivity index (χ0n) is 10.6. The predicted molar refractivity (Wildman–Crippen MR) is 68.3 cm³/mol. The average molecular weight is 249 g/mol. The number of carbonyl (C=O) groups is 1. The number of benzene rings is 1. The molecule has 1 aromatic rings. The summed E-state index contributed by atoms with van der Waals surface area (Å²) in [5.41, 5.74) is 2.26. The highest BCUT2D eigenvalue weighted by Gasteiger charge is 2.26. The lowest BCUT2D eigenvalue weighted by molar-refractivity contribution is -0.148. The highest BCUT2D eigenvalue weighted by molar-refractivity contribution is 5.78. The van der Waals surface area contributed by atoms with E-state index in [1.165, 1.54) is 5.56 Å². The lowest BCUT2D eigenvalue weighted by Gasteiger charge is -2.25. The third-order valence-electron chi connectivity index (χ3n) is 3.02. The van der Waals surface area contributed by atoms with Crippen molar-refractivity contribution in [1.82, 2.24) is 5.32 Å². The minimum atomic E-state index is -0.337. The molecule has 1 aliphatic rings. The molecule has 1 aromatic carbocycles. The molecule has 1 unspecified atom stereocenters. The zero-order valence-corrected chi connectivity index (χ0v) is 10.6. The molecular weight excluding hydrogens is 230 g/mol. The Hall–Kier alpha value is -1.39. The van der Waals surface area contributed by atoms with E-state index in [1.807, 2.05) is 25.1 Å². The first-order chi connectivity index (χ1) is 8.83. The van der Waals surface area contributed by atoms with E-state index >= 15 is 0 Å². The number of hydrogen-bond acceptors (Lipinski definition) is 4. The fraction of sp³-hybridized carbons (Fsp3) is 0.500. The summed E-state index contributed by atoms with van der Waals surface area (Å²) in [5, 5.41) is 3.20. The first-order valence-corrected chi connectivity index (χ1v) is 6.38. The van der Waals surface area contributed by atoms with Gasteiger partial charge in [0.15, 0.2) is 0 Å². The Labute approximate surface area is 107 Å². The summed E-state index contributed by atoms with van der Waals surface area (Å²) in [5.74, 6) is -0.221. The van der Waals surface area contributed by atoms with Crippen molar-refractivity contribution < 1.29 is 14.3 Å². The lowest BCUT2D eigenvalue weighted by atomic mass is 9.94. The molecule has 98 valence electrons. The van der Waals surface area contributed by atoms with Crippen molar-refractivity contribution in [3.05, 3.63) is 35.4 Å². The summed E-state index contributed by atoms with van der Waals surface area (Å²) < 4.78 is 10.4. The molecule has 1 N–H and O–H groups in total. The van der Waals surface area contributed by atoms with Gasteiger partial charge < -0.3 is 14.8 Å². The molecule has 0 fully saturated rings. The molecule has 0 aliphatic carbocycles. The van der Waals surface area contributed by atoms with Gasteiger partial charge >= 0.3 is 5.97 Å². The molecule has 4 heteroatoms. The Kier molecular flexibility index (Phi) is 4.73. The first kappa shape index (κ1) is 13.1. The van der Waals surface area contributed by atoms with Crippen LogP contribution in [0, 0.1) is 0 Å². The smallest absolute Gasteiger partial charge is 0.327 e. The molecule has 0 saturated carbocycles. The van der Waals surface area contributed by atoms with Crippen LogP contribution in [-0.4, -0.2) is 32.3 Å². The second kappa shape index (κ2) is 6.52. The van der Waals surface area contributed by atoms with Crippen molar-refractivity contribution in [2.45, 2.75) is 19.4 Å². The quantitative estimate of drug-likeness (QED) is 0.634. The van der Waals surface area contributed by atoms with E-state index in [2.05, 4.69) is 11.4 Å². The maximum atomic E-state index is 12.0. The van der Waals surface area contributed by atoms with Gasteiger partial charge in [-0.15, -0.1) is 0 Å². The molecule has 2 rings (SSSR count). The molecule has 0 saturated heterocycles. The summed E-state index contributed by atoms with van der Waals surface area (Å²) in [6.07, 6.45) is 0.957. The van der Waals surface area contributed by atoms with E-state index in [-0.39, 0.29) is 12.0 Å². The van der Waals surface area contributed by atoms with E-state index in [4.69, 9.17) is 9.47 Å². The summed E-state index contributed by atoms with van der Waals surface area (Å²) in [7, 11) is 0. The number of carbonyl (C=O) groups excluding carboxylic acids is 1. The molecule has 0 amide bonds. The molecular formula is C14H19NO3. The maximum Gasteiger partial charge on any atom is 0.327 e. The number of esters is 1. The highest BCUT2D eigenvalue weighted by atomic mass is 16.6. The Morgan fingerprint density at radius 3 is 3.06 bits per heavy atom. The van der Waals surface area contributed by atoms with Crippen LogP contribution in [0.25, 0.3) is 0 Å². The van der Waals surface area contributed by atoms with Gasteiger partial charge in [-0.3, -0.25) is 0 Å². The second-order valence-electron chi connectivity index (χ2n) is 4.20. The van der Waals surface area contributed by atoms with Crippen molar-refractivity contribution in [2.24, 2.45) is 0 Å². The van der Waals surface area contributed by atoms with Gasteiger partial charge in [0.1, 0.15) is 12.6 Å². The maximum absolute atomic E-state index is 12.0. The summed E-state index contributed by atoms with van der Waals surface area (Å²) in [6, 6.07) is 7.66. The molecule has 0 aromatic heterocycles. The topological polar surface area (TPSA) is 47.6 Å². The molecule has 0 bridgehead atoms. The van der Waals surface area contributed by atoms with Gasteiger partial charge in [0.25, 0.3) is 0 Å². The first-order valence-electron chi connectivity index (χ1n) is 6.38. The zero-order chi connectivity index (χ0) is 12.8. The minimum Gasteiger partial charge on any atom is -0.462 e. The van der Waals surface area contributed by atoms with Crippen LogP contribution in [0.3, 0.4) is 0 Å². The number of hydrogen-bond donors (Lipinski definition) is 1. The van der Waals surface area contributed by atoms with Gasteiger partial charge in [-0.1, -0.05) is 24.3 Å². The van der Waals surface area contributed by atoms with Crippen molar-refractivity contribution in [1.29, 1.82) is 0 Å². The average Bonchev–Trinajstić information content (AvgIpc) is 2.43. The van der Waals surface area contributed by atoms with Gasteiger partial charge in [-0.05, 0) is 24.5 Å².